The summed E-state index contributed by atoms with van der Waals surface area (Å²) in [5.74, 6) is -0.692. The highest BCUT2D eigenvalue weighted by molar-refractivity contribution is 5.96. The highest BCUT2D eigenvalue weighted by Gasteiger charge is 2.13. The van der Waals surface area contributed by atoms with Gasteiger partial charge in [-0.05, 0) is 24.6 Å². The average Bonchev–Trinajstić information content (AvgIpc) is 2.38. The Morgan fingerprint density at radius 3 is 2.78 bits per heavy atom. The summed E-state index contributed by atoms with van der Waals surface area (Å²) in [6.07, 6.45) is 1.47. The van der Waals surface area contributed by atoms with Gasteiger partial charge in [0.25, 0.3) is 0 Å². The Morgan fingerprint density at radius 2 is 2.17 bits per heavy atom. The lowest BCUT2D eigenvalue weighted by Gasteiger charge is -2.11. The Morgan fingerprint density at radius 1 is 1.44 bits per heavy atom. The van der Waals surface area contributed by atoms with Crippen LogP contribution in [0.1, 0.15) is 30.1 Å². The molecule has 0 saturated heterocycles. The molecule has 1 rings (SSSR count). The Hall–Kier alpha value is -1.88. The summed E-state index contributed by atoms with van der Waals surface area (Å²) >= 11 is 0. The first kappa shape index (κ1) is 14.2. The van der Waals surface area contributed by atoms with Gasteiger partial charge in [0.1, 0.15) is 0 Å². The van der Waals surface area contributed by atoms with Gasteiger partial charge in [-0.1, -0.05) is 19.4 Å². The predicted molar refractivity (Wildman–Crippen MR) is 69.3 cm³/mol. The van der Waals surface area contributed by atoms with E-state index in [4.69, 9.17) is 5.73 Å². The van der Waals surface area contributed by atoms with Gasteiger partial charge in [0, 0.05) is 5.69 Å². The highest BCUT2D eigenvalue weighted by atomic mass is 16.5. The third kappa shape index (κ3) is 3.85. The van der Waals surface area contributed by atoms with E-state index in [0.29, 0.717) is 17.7 Å². The average molecular weight is 250 g/mol. The van der Waals surface area contributed by atoms with Crippen molar-refractivity contribution in [2.24, 2.45) is 5.73 Å². The summed E-state index contributed by atoms with van der Waals surface area (Å²) < 4.78 is 4.61. The van der Waals surface area contributed by atoms with Crippen LogP contribution >= 0.6 is 0 Å². The van der Waals surface area contributed by atoms with E-state index in [1.807, 2.05) is 6.92 Å². The molecule has 98 valence electrons. The maximum absolute atomic E-state index is 11.7. The van der Waals surface area contributed by atoms with Gasteiger partial charge in [-0.15, -0.1) is 0 Å². The number of anilines is 1. The monoisotopic (exact) mass is 250 g/mol. The number of hydrogen-bond donors (Lipinski definition) is 2. The molecule has 0 aliphatic carbocycles. The fraction of sp³-hybridized carbons (Fsp3) is 0.385. The molecule has 0 heterocycles. The number of rotatable bonds is 5. The SMILES string of the molecule is CCC[C@H](N)C(=O)Nc1cccc(C(=O)OC)c1. The van der Waals surface area contributed by atoms with Crippen molar-refractivity contribution >= 4 is 17.6 Å². The van der Waals surface area contributed by atoms with Gasteiger partial charge in [0.2, 0.25) is 5.91 Å². The fourth-order valence-electron chi connectivity index (χ4n) is 1.52. The van der Waals surface area contributed by atoms with Crippen LogP contribution in [-0.4, -0.2) is 25.0 Å². The molecule has 1 amide bonds. The third-order valence-corrected chi connectivity index (χ3v) is 2.49. The summed E-state index contributed by atoms with van der Waals surface area (Å²) in [5, 5.41) is 2.67. The van der Waals surface area contributed by atoms with E-state index in [-0.39, 0.29) is 5.91 Å². The maximum Gasteiger partial charge on any atom is 0.337 e. The smallest absolute Gasteiger partial charge is 0.337 e. The van der Waals surface area contributed by atoms with E-state index in [2.05, 4.69) is 10.1 Å². The van der Waals surface area contributed by atoms with Crippen LogP contribution < -0.4 is 11.1 Å². The molecule has 18 heavy (non-hydrogen) atoms. The molecule has 0 radical (unpaired) electrons. The van der Waals surface area contributed by atoms with Crippen LogP contribution in [-0.2, 0) is 9.53 Å². The molecule has 1 aromatic rings. The number of carbonyl (C=O) groups is 2. The lowest BCUT2D eigenvalue weighted by molar-refractivity contribution is -0.117. The number of nitrogens with one attached hydrogen (secondary N) is 1. The lowest BCUT2D eigenvalue weighted by Crippen LogP contribution is -2.35. The van der Waals surface area contributed by atoms with Crippen molar-refractivity contribution in [3.63, 3.8) is 0 Å². The normalized spacial score (nSPS) is 11.7. The van der Waals surface area contributed by atoms with Gasteiger partial charge < -0.3 is 15.8 Å². The summed E-state index contributed by atoms with van der Waals surface area (Å²) in [5.41, 5.74) is 6.62. The van der Waals surface area contributed by atoms with Gasteiger partial charge in [-0.2, -0.15) is 0 Å². The van der Waals surface area contributed by atoms with E-state index in [9.17, 15) is 9.59 Å². The van der Waals surface area contributed by atoms with E-state index in [0.717, 1.165) is 6.42 Å². The van der Waals surface area contributed by atoms with Gasteiger partial charge in [0.15, 0.2) is 0 Å². The number of amides is 1. The van der Waals surface area contributed by atoms with Crippen molar-refractivity contribution in [3.05, 3.63) is 29.8 Å². The number of ether oxygens (including phenoxy) is 1. The number of benzene rings is 1. The summed E-state index contributed by atoms with van der Waals surface area (Å²) in [6, 6.07) is 6.02. The van der Waals surface area contributed by atoms with Gasteiger partial charge in [0.05, 0.1) is 18.7 Å². The maximum atomic E-state index is 11.7. The number of methoxy groups -OCH3 is 1. The van der Waals surface area contributed by atoms with Crippen LogP contribution in [0.3, 0.4) is 0 Å². The molecule has 3 N–H and O–H groups in total. The molecule has 5 heteroatoms. The van der Waals surface area contributed by atoms with Crippen molar-refractivity contribution in [1.29, 1.82) is 0 Å². The number of esters is 1. The summed E-state index contributed by atoms with van der Waals surface area (Å²) in [7, 11) is 1.31. The molecule has 0 bridgehead atoms. The van der Waals surface area contributed by atoms with Gasteiger partial charge in [-0.25, -0.2) is 4.79 Å². The molecule has 0 aromatic heterocycles. The van der Waals surface area contributed by atoms with Crippen LogP contribution in [0, 0.1) is 0 Å². The van der Waals surface area contributed by atoms with Gasteiger partial charge >= 0.3 is 5.97 Å². The Balaban J connectivity index is 2.73. The summed E-state index contributed by atoms with van der Waals surface area (Å²) in [6.45, 7) is 1.96. The molecular weight excluding hydrogens is 232 g/mol. The van der Waals surface area contributed by atoms with Crippen molar-refractivity contribution < 1.29 is 14.3 Å². The van der Waals surface area contributed by atoms with Gasteiger partial charge in [-0.3, -0.25) is 4.79 Å². The molecule has 0 spiro atoms. The molecule has 0 aliphatic heterocycles. The van der Waals surface area contributed by atoms with Crippen molar-refractivity contribution in [1.82, 2.24) is 0 Å². The van der Waals surface area contributed by atoms with Crippen molar-refractivity contribution in [2.75, 3.05) is 12.4 Å². The standard InChI is InChI=1S/C13H18N2O3/c1-3-5-11(14)12(16)15-10-7-4-6-9(8-10)13(17)18-2/h4,6-8,11H,3,5,14H2,1-2H3,(H,15,16)/t11-/m0/s1. The highest BCUT2D eigenvalue weighted by Crippen LogP contribution is 2.12. The number of carbonyl (C=O) groups excluding carboxylic acids is 2. The minimum atomic E-state index is -0.531. The summed E-state index contributed by atoms with van der Waals surface area (Å²) in [4.78, 5) is 23.0. The largest absolute Gasteiger partial charge is 0.465 e. The van der Waals surface area contributed by atoms with Crippen LogP contribution in [0.25, 0.3) is 0 Å². The van der Waals surface area contributed by atoms with E-state index in [1.54, 1.807) is 24.3 Å². The topological polar surface area (TPSA) is 81.4 Å². The first-order valence-electron chi connectivity index (χ1n) is 5.83. The zero-order valence-corrected chi connectivity index (χ0v) is 10.6. The Bertz CT molecular complexity index is 432. The van der Waals surface area contributed by atoms with E-state index >= 15 is 0 Å². The Kier molecular flexibility index (Phi) is 5.32. The second kappa shape index (κ2) is 6.76. The predicted octanol–water partition coefficient (Wildman–Crippen LogP) is 1.54. The van der Waals surface area contributed by atoms with Crippen LogP contribution in [0.5, 0.6) is 0 Å². The zero-order chi connectivity index (χ0) is 13.5. The quantitative estimate of drug-likeness (QED) is 0.777. The first-order chi connectivity index (χ1) is 8.58. The fourth-order valence-corrected chi connectivity index (χ4v) is 1.52. The van der Waals surface area contributed by atoms with Crippen molar-refractivity contribution in [2.45, 2.75) is 25.8 Å². The number of hydrogen-bond acceptors (Lipinski definition) is 4. The third-order valence-electron chi connectivity index (χ3n) is 2.49. The molecule has 0 saturated carbocycles. The Labute approximate surface area is 106 Å². The minimum Gasteiger partial charge on any atom is -0.465 e. The molecule has 1 aromatic carbocycles. The molecule has 0 unspecified atom stereocenters. The second-order valence-corrected chi connectivity index (χ2v) is 3.96. The second-order valence-electron chi connectivity index (χ2n) is 3.96. The lowest BCUT2D eigenvalue weighted by atomic mass is 10.1. The molecular formula is C13H18N2O3. The molecule has 0 fully saturated rings. The first-order valence-corrected chi connectivity index (χ1v) is 5.83. The van der Waals surface area contributed by atoms with E-state index in [1.165, 1.54) is 7.11 Å². The molecule has 1 atom stereocenters. The van der Waals surface area contributed by atoms with Crippen LogP contribution in [0.15, 0.2) is 24.3 Å². The number of nitrogens with two attached hydrogens (primary N) is 1. The minimum absolute atomic E-state index is 0.251. The van der Waals surface area contributed by atoms with Crippen LogP contribution in [0.2, 0.25) is 0 Å². The zero-order valence-electron chi connectivity index (χ0n) is 10.6. The van der Waals surface area contributed by atoms with Crippen molar-refractivity contribution in [3.8, 4) is 0 Å². The molecule has 5 nitrogen and oxygen atoms in total. The van der Waals surface area contributed by atoms with E-state index < -0.39 is 12.0 Å². The van der Waals surface area contributed by atoms with Crippen LogP contribution in [0.4, 0.5) is 5.69 Å². The molecule has 0 aliphatic rings.